The van der Waals surface area contributed by atoms with Crippen LogP contribution in [0.15, 0.2) is 72.9 Å². The minimum absolute atomic E-state index is 0.0223. The van der Waals surface area contributed by atoms with Crippen molar-refractivity contribution in [3.63, 3.8) is 0 Å². The summed E-state index contributed by atoms with van der Waals surface area (Å²) in [6.07, 6.45) is 7.66. The van der Waals surface area contributed by atoms with Crippen molar-refractivity contribution in [2.45, 2.75) is 65.0 Å². The van der Waals surface area contributed by atoms with Gasteiger partial charge in [-0.05, 0) is 113 Å². The second-order valence-electron chi connectivity index (χ2n) is 13.9. The standard InChI is InChI=1S/C39H46ClN3O5/c1-39(2,3)48-38(45)42-22-20-41(21-23-42)19-6-24-46-31-13-9-29(10-14-31)37(44)35-27-43(26-28-7-4-5-8-28)36-18-17-33(25-34(35)36)47-32-15-11-30(40)12-16-32/h9-18,25,27-28H,4-8,19-24,26H2,1-3H3. The first kappa shape index (κ1) is 33.9. The van der Waals surface area contributed by atoms with E-state index in [1.807, 2.05) is 75.5 Å². The van der Waals surface area contributed by atoms with Crippen LogP contribution in [0.3, 0.4) is 0 Å². The number of halogens is 1. The molecule has 48 heavy (non-hydrogen) atoms. The number of ketones is 1. The summed E-state index contributed by atoms with van der Waals surface area (Å²) in [5, 5.41) is 1.54. The zero-order valence-electron chi connectivity index (χ0n) is 28.3. The van der Waals surface area contributed by atoms with Gasteiger partial charge in [0.15, 0.2) is 5.78 Å². The van der Waals surface area contributed by atoms with E-state index < -0.39 is 5.60 Å². The normalized spacial score (nSPS) is 16.0. The van der Waals surface area contributed by atoms with Crippen LogP contribution in [0.1, 0.15) is 68.8 Å². The Morgan fingerprint density at radius 3 is 2.21 bits per heavy atom. The summed E-state index contributed by atoms with van der Waals surface area (Å²) in [4.78, 5) is 30.4. The third-order valence-electron chi connectivity index (χ3n) is 9.10. The molecule has 1 saturated heterocycles. The molecule has 0 N–H and O–H groups in total. The highest BCUT2D eigenvalue weighted by Gasteiger charge is 2.26. The Morgan fingerprint density at radius 1 is 0.854 bits per heavy atom. The number of amides is 1. The molecule has 4 aromatic rings. The smallest absolute Gasteiger partial charge is 0.410 e. The van der Waals surface area contributed by atoms with Crippen LogP contribution in [0.25, 0.3) is 10.9 Å². The maximum Gasteiger partial charge on any atom is 0.410 e. The molecule has 3 aromatic carbocycles. The van der Waals surface area contributed by atoms with E-state index >= 15 is 0 Å². The quantitative estimate of drug-likeness (QED) is 0.117. The molecule has 2 fully saturated rings. The van der Waals surface area contributed by atoms with Gasteiger partial charge in [-0.25, -0.2) is 4.79 Å². The lowest BCUT2D eigenvalue weighted by atomic mass is 10.0. The molecule has 9 heteroatoms. The maximum absolute atomic E-state index is 14.0. The second kappa shape index (κ2) is 15.0. The van der Waals surface area contributed by atoms with Gasteiger partial charge in [0.25, 0.3) is 0 Å². The van der Waals surface area contributed by atoms with Crippen LogP contribution < -0.4 is 9.47 Å². The lowest BCUT2D eigenvalue weighted by Gasteiger charge is -2.35. The number of piperazine rings is 1. The molecule has 1 aromatic heterocycles. The number of benzene rings is 3. The summed E-state index contributed by atoms with van der Waals surface area (Å²) in [7, 11) is 0. The summed E-state index contributed by atoms with van der Waals surface area (Å²) in [6.45, 7) is 11.0. The van der Waals surface area contributed by atoms with Gasteiger partial charge < -0.3 is 23.7 Å². The van der Waals surface area contributed by atoms with Crippen molar-refractivity contribution in [3.8, 4) is 17.2 Å². The summed E-state index contributed by atoms with van der Waals surface area (Å²) in [5.74, 6) is 2.71. The minimum atomic E-state index is -0.482. The molecular weight excluding hydrogens is 626 g/mol. The Hall–Kier alpha value is -4.01. The van der Waals surface area contributed by atoms with Crippen molar-refractivity contribution in [2.75, 3.05) is 39.3 Å². The van der Waals surface area contributed by atoms with Gasteiger partial charge >= 0.3 is 6.09 Å². The molecule has 1 saturated carbocycles. The third kappa shape index (κ3) is 8.71. The van der Waals surface area contributed by atoms with E-state index in [-0.39, 0.29) is 11.9 Å². The fourth-order valence-corrected chi connectivity index (χ4v) is 6.72. The van der Waals surface area contributed by atoms with Gasteiger partial charge in [0, 0.05) is 72.5 Å². The summed E-state index contributed by atoms with van der Waals surface area (Å²) in [5.41, 5.74) is 1.85. The number of carbonyl (C=O) groups is 2. The predicted molar refractivity (Wildman–Crippen MR) is 190 cm³/mol. The first-order chi connectivity index (χ1) is 23.1. The van der Waals surface area contributed by atoms with Gasteiger partial charge in [-0.1, -0.05) is 24.4 Å². The van der Waals surface area contributed by atoms with Gasteiger partial charge in [0.2, 0.25) is 0 Å². The number of ether oxygens (including phenoxy) is 3. The summed E-state index contributed by atoms with van der Waals surface area (Å²) >= 11 is 6.06. The molecule has 2 heterocycles. The molecule has 254 valence electrons. The highest BCUT2D eigenvalue weighted by atomic mass is 35.5. The fraction of sp³-hybridized carbons (Fsp3) is 0.436. The van der Waals surface area contributed by atoms with Crippen molar-refractivity contribution >= 4 is 34.4 Å². The lowest BCUT2D eigenvalue weighted by molar-refractivity contribution is 0.0142. The van der Waals surface area contributed by atoms with Crippen molar-refractivity contribution in [1.29, 1.82) is 0 Å². The third-order valence-corrected chi connectivity index (χ3v) is 9.36. The minimum Gasteiger partial charge on any atom is -0.494 e. The molecule has 6 rings (SSSR count). The molecule has 8 nitrogen and oxygen atoms in total. The van der Waals surface area contributed by atoms with Crippen LogP contribution in [-0.4, -0.2) is 71.2 Å². The number of fused-ring (bicyclic) bond motifs is 1. The molecule has 0 radical (unpaired) electrons. The number of hydrogen-bond donors (Lipinski definition) is 0. The lowest BCUT2D eigenvalue weighted by Crippen LogP contribution is -2.50. The maximum atomic E-state index is 14.0. The van der Waals surface area contributed by atoms with Crippen molar-refractivity contribution in [2.24, 2.45) is 5.92 Å². The highest BCUT2D eigenvalue weighted by molar-refractivity contribution is 6.30. The molecule has 0 unspecified atom stereocenters. The Kier molecular flexibility index (Phi) is 10.6. The molecular formula is C39H46ClN3O5. The molecule has 0 atom stereocenters. The number of nitrogens with zero attached hydrogens (tertiary/aromatic N) is 3. The summed E-state index contributed by atoms with van der Waals surface area (Å²) in [6, 6.07) is 20.7. The van der Waals surface area contributed by atoms with E-state index in [0.717, 1.165) is 49.3 Å². The van der Waals surface area contributed by atoms with E-state index in [9.17, 15) is 9.59 Å². The van der Waals surface area contributed by atoms with Crippen LogP contribution in [0.2, 0.25) is 5.02 Å². The van der Waals surface area contributed by atoms with Crippen LogP contribution >= 0.6 is 11.6 Å². The van der Waals surface area contributed by atoms with Gasteiger partial charge in [-0.3, -0.25) is 9.69 Å². The van der Waals surface area contributed by atoms with Crippen LogP contribution in [0.4, 0.5) is 4.79 Å². The van der Waals surface area contributed by atoms with Crippen LogP contribution in [0, 0.1) is 5.92 Å². The SMILES string of the molecule is CC(C)(C)OC(=O)N1CCN(CCCOc2ccc(C(=O)c3cn(CC4CCCC4)c4ccc(Oc5ccc(Cl)cc5)cc34)cc2)CC1. The zero-order valence-corrected chi connectivity index (χ0v) is 29.0. The molecule has 0 bridgehead atoms. The number of carbonyl (C=O) groups excluding carboxylic acids is 2. The average Bonchev–Trinajstić information content (AvgIpc) is 3.72. The van der Waals surface area contributed by atoms with Crippen molar-refractivity contribution < 1.29 is 23.8 Å². The number of hydrogen-bond acceptors (Lipinski definition) is 6. The molecule has 0 spiro atoms. The topological polar surface area (TPSA) is 73.2 Å². The molecule has 2 aliphatic rings. The highest BCUT2D eigenvalue weighted by Crippen LogP contribution is 2.33. The largest absolute Gasteiger partial charge is 0.494 e. The molecule has 1 aliphatic heterocycles. The van der Waals surface area contributed by atoms with Crippen molar-refractivity contribution in [3.05, 3.63) is 89.1 Å². The first-order valence-electron chi connectivity index (χ1n) is 17.2. The Bertz CT molecular complexity index is 1700. The molecule has 1 amide bonds. The van der Waals surface area contributed by atoms with E-state index in [0.29, 0.717) is 53.3 Å². The van der Waals surface area contributed by atoms with E-state index in [4.69, 9.17) is 25.8 Å². The van der Waals surface area contributed by atoms with E-state index in [1.165, 1.54) is 25.7 Å². The Balaban J connectivity index is 1.07. The predicted octanol–water partition coefficient (Wildman–Crippen LogP) is 8.83. The molecule has 1 aliphatic carbocycles. The monoisotopic (exact) mass is 671 g/mol. The van der Waals surface area contributed by atoms with Gasteiger partial charge in [-0.15, -0.1) is 0 Å². The Morgan fingerprint density at radius 2 is 1.52 bits per heavy atom. The summed E-state index contributed by atoms with van der Waals surface area (Å²) < 4.78 is 19.9. The van der Waals surface area contributed by atoms with Crippen LogP contribution in [0.5, 0.6) is 17.2 Å². The Labute approximate surface area is 288 Å². The van der Waals surface area contributed by atoms with E-state index in [1.54, 1.807) is 17.0 Å². The van der Waals surface area contributed by atoms with Gasteiger partial charge in [0.05, 0.1) is 6.61 Å². The zero-order chi connectivity index (χ0) is 33.7. The first-order valence-corrected chi connectivity index (χ1v) is 17.5. The number of aromatic nitrogens is 1. The number of rotatable bonds is 11. The second-order valence-corrected chi connectivity index (χ2v) is 14.4. The van der Waals surface area contributed by atoms with Gasteiger partial charge in [-0.2, -0.15) is 0 Å². The van der Waals surface area contributed by atoms with Crippen molar-refractivity contribution in [1.82, 2.24) is 14.4 Å². The average molecular weight is 672 g/mol. The van der Waals surface area contributed by atoms with Gasteiger partial charge in [0.1, 0.15) is 22.8 Å². The van der Waals surface area contributed by atoms with E-state index in [2.05, 4.69) is 15.5 Å². The fourth-order valence-electron chi connectivity index (χ4n) is 6.60. The van der Waals surface area contributed by atoms with Crippen LogP contribution in [-0.2, 0) is 11.3 Å².